The lowest BCUT2D eigenvalue weighted by atomic mass is 9.98. The SMILES string of the molecule is O=C(O)c1c(CN2CCC(N3CCCCC3)CC2)n(-c2ccc(Cl)cc2)c(=O)c2ccccc12. The summed E-state index contributed by atoms with van der Waals surface area (Å²) in [7, 11) is 0. The molecule has 7 heteroatoms. The van der Waals surface area contributed by atoms with Crippen molar-refractivity contribution in [3.63, 3.8) is 0 Å². The van der Waals surface area contributed by atoms with Crippen molar-refractivity contribution in [1.29, 1.82) is 0 Å². The average Bonchev–Trinajstić information content (AvgIpc) is 2.86. The molecule has 6 nitrogen and oxygen atoms in total. The van der Waals surface area contributed by atoms with E-state index >= 15 is 0 Å². The van der Waals surface area contributed by atoms with E-state index in [4.69, 9.17) is 11.6 Å². The van der Waals surface area contributed by atoms with Crippen LogP contribution in [0.25, 0.3) is 16.5 Å². The van der Waals surface area contributed by atoms with Gasteiger partial charge in [0.05, 0.1) is 11.3 Å². The van der Waals surface area contributed by atoms with Gasteiger partial charge < -0.3 is 10.0 Å². The molecule has 0 unspecified atom stereocenters. The van der Waals surface area contributed by atoms with Crippen LogP contribution >= 0.6 is 11.6 Å². The van der Waals surface area contributed by atoms with Crippen molar-refractivity contribution in [1.82, 2.24) is 14.4 Å². The van der Waals surface area contributed by atoms with Crippen LogP contribution in [0.2, 0.25) is 5.02 Å². The number of benzene rings is 2. The fourth-order valence-electron chi connectivity index (χ4n) is 5.59. The molecule has 2 aliphatic rings. The van der Waals surface area contributed by atoms with Crippen molar-refractivity contribution in [3.8, 4) is 5.69 Å². The van der Waals surface area contributed by atoms with Gasteiger partial charge in [-0.15, -0.1) is 0 Å². The molecule has 0 radical (unpaired) electrons. The van der Waals surface area contributed by atoms with E-state index in [1.807, 2.05) is 0 Å². The van der Waals surface area contributed by atoms with Crippen LogP contribution in [0.5, 0.6) is 0 Å². The molecule has 5 rings (SSSR count). The molecule has 0 atom stereocenters. The fraction of sp³-hybridized carbons (Fsp3) is 0.407. The quantitative estimate of drug-likeness (QED) is 0.569. The predicted octanol–water partition coefficient (Wildman–Crippen LogP) is 4.79. The van der Waals surface area contributed by atoms with Gasteiger partial charge in [0, 0.05) is 47.2 Å². The third-order valence-corrected chi connectivity index (χ3v) is 7.58. The van der Waals surface area contributed by atoms with Crippen LogP contribution in [0.15, 0.2) is 53.3 Å². The number of aromatic nitrogens is 1. The summed E-state index contributed by atoms with van der Waals surface area (Å²) in [6.07, 6.45) is 6.04. The van der Waals surface area contributed by atoms with Gasteiger partial charge in [0.25, 0.3) is 5.56 Å². The molecule has 3 heterocycles. The first-order valence-electron chi connectivity index (χ1n) is 12.1. The molecule has 34 heavy (non-hydrogen) atoms. The summed E-state index contributed by atoms with van der Waals surface area (Å²) in [6, 6.07) is 14.6. The third-order valence-electron chi connectivity index (χ3n) is 7.32. The molecule has 0 spiro atoms. The number of rotatable bonds is 5. The number of hydrogen-bond donors (Lipinski definition) is 1. The highest BCUT2D eigenvalue weighted by Gasteiger charge is 2.28. The summed E-state index contributed by atoms with van der Waals surface area (Å²) in [4.78, 5) is 31.1. The number of fused-ring (bicyclic) bond motifs is 1. The first-order chi connectivity index (χ1) is 16.5. The number of hydrogen-bond acceptors (Lipinski definition) is 4. The molecule has 178 valence electrons. The van der Waals surface area contributed by atoms with Crippen molar-refractivity contribution >= 4 is 28.3 Å². The van der Waals surface area contributed by atoms with Gasteiger partial charge >= 0.3 is 5.97 Å². The maximum absolute atomic E-state index is 13.6. The van der Waals surface area contributed by atoms with Crippen LogP contribution in [0.3, 0.4) is 0 Å². The summed E-state index contributed by atoms with van der Waals surface area (Å²) >= 11 is 6.10. The monoisotopic (exact) mass is 479 g/mol. The number of carbonyl (C=O) groups is 1. The van der Waals surface area contributed by atoms with E-state index in [0.29, 0.717) is 39.8 Å². The van der Waals surface area contributed by atoms with Crippen molar-refractivity contribution in [3.05, 3.63) is 75.2 Å². The van der Waals surface area contributed by atoms with E-state index in [2.05, 4.69) is 9.80 Å². The van der Waals surface area contributed by atoms with E-state index in [-0.39, 0.29) is 11.1 Å². The van der Waals surface area contributed by atoms with E-state index < -0.39 is 5.97 Å². The average molecular weight is 480 g/mol. The Bertz CT molecular complexity index is 1240. The van der Waals surface area contributed by atoms with Crippen LogP contribution < -0.4 is 5.56 Å². The minimum atomic E-state index is -1.02. The first kappa shape index (κ1) is 23.1. The van der Waals surface area contributed by atoms with Gasteiger partial charge in [0.15, 0.2) is 0 Å². The van der Waals surface area contributed by atoms with Crippen molar-refractivity contribution in [2.24, 2.45) is 0 Å². The number of piperidine rings is 2. The summed E-state index contributed by atoms with van der Waals surface area (Å²) in [6.45, 7) is 4.57. The minimum absolute atomic E-state index is 0.198. The van der Waals surface area contributed by atoms with Crippen molar-refractivity contribution in [2.45, 2.75) is 44.7 Å². The molecule has 0 bridgehead atoms. The number of likely N-dealkylation sites (tertiary alicyclic amines) is 2. The number of pyridine rings is 1. The van der Waals surface area contributed by atoms with Crippen LogP contribution in [-0.4, -0.2) is 57.7 Å². The van der Waals surface area contributed by atoms with Gasteiger partial charge in [-0.05, 0) is 69.1 Å². The lowest BCUT2D eigenvalue weighted by Gasteiger charge is -2.40. The molecule has 0 saturated carbocycles. The summed E-state index contributed by atoms with van der Waals surface area (Å²) in [5, 5.41) is 11.7. The number of nitrogens with zero attached hydrogens (tertiary/aromatic N) is 3. The maximum atomic E-state index is 13.6. The second-order valence-corrected chi connectivity index (χ2v) is 9.83. The number of halogens is 1. The molecular formula is C27H30ClN3O3. The van der Waals surface area contributed by atoms with E-state index in [9.17, 15) is 14.7 Å². The van der Waals surface area contributed by atoms with Crippen molar-refractivity contribution in [2.75, 3.05) is 26.2 Å². The van der Waals surface area contributed by atoms with Gasteiger partial charge in [0.2, 0.25) is 0 Å². The highest BCUT2D eigenvalue weighted by atomic mass is 35.5. The zero-order valence-electron chi connectivity index (χ0n) is 19.3. The standard InChI is InChI=1S/C27H30ClN3O3/c28-19-8-10-21(11-9-19)31-24(25(27(33)34)22-6-2-3-7-23(22)26(31)32)18-29-16-12-20(13-17-29)30-14-4-1-5-15-30/h2-3,6-11,20H,1,4-5,12-18H2,(H,33,34). The van der Waals surface area contributed by atoms with E-state index in [0.717, 1.165) is 25.9 Å². The molecule has 1 N–H and O–H groups in total. The Morgan fingerprint density at radius 1 is 0.912 bits per heavy atom. The normalized spacial score (nSPS) is 18.4. The minimum Gasteiger partial charge on any atom is -0.478 e. The van der Waals surface area contributed by atoms with Gasteiger partial charge in [-0.25, -0.2) is 4.79 Å². The second-order valence-electron chi connectivity index (χ2n) is 9.39. The predicted molar refractivity (Wildman–Crippen MR) is 135 cm³/mol. The number of aromatic carboxylic acids is 1. The van der Waals surface area contributed by atoms with Gasteiger partial charge in [0.1, 0.15) is 0 Å². The number of carboxylic acids is 1. The maximum Gasteiger partial charge on any atom is 0.338 e. The summed E-state index contributed by atoms with van der Waals surface area (Å²) in [5.74, 6) is -1.02. The highest BCUT2D eigenvalue weighted by Crippen LogP contribution is 2.27. The van der Waals surface area contributed by atoms with Crippen LogP contribution in [0, 0.1) is 0 Å². The zero-order valence-corrected chi connectivity index (χ0v) is 20.0. The largest absolute Gasteiger partial charge is 0.478 e. The van der Waals surface area contributed by atoms with Crippen LogP contribution in [0.1, 0.15) is 48.2 Å². The Kier molecular flexibility index (Phi) is 6.73. The molecule has 2 aromatic carbocycles. The fourth-order valence-corrected chi connectivity index (χ4v) is 5.71. The molecule has 2 saturated heterocycles. The molecule has 0 aliphatic carbocycles. The van der Waals surface area contributed by atoms with E-state index in [1.165, 1.54) is 32.4 Å². The Morgan fingerprint density at radius 3 is 2.21 bits per heavy atom. The van der Waals surface area contributed by atoms with Gasteiger partial charge in [-0.2, -0.15) is 0 Å². The van der Waals surface area contributed by atoms with Gasteiger partial charge in [-0.3, -0.25) is 14.3 Å². The molecular weight excluding hydrogens is 450 g/mol. The Hall–Kier alpha value is -2.67. The molecule has 2 aliphatic heterocycles. The zero-order chi connectivity index (χ0) is 23.7. The highest BCUT2D eigenvalue weighted by molar-refractivity contribution is 6.30. The molecule has 1 aromatic heterocycles. The second kappa shape index (κ2) is 9.90. The number of carboxylic acid groups (broad SMARTS) is 1. The van der Waals surface area contributed by atoms with Crippen molar-refractivity contribution < 1.29 is 9.90 Å². The molecule has 0 amide bonds. The summed E-state index contributed by atoms with van der Waals surface area (Å²) < 4.78 is 1.57. The molecule has 3 aromatic rings. The Balaban J connectivity index is 1.53. The Labute approximate surface area is 204 Å². The topological polar surface area (TPSA) is 65.8 Å². The first-order valence-corrected chi connectivity index (χ1v) is 12.5. The Morgan fingerprint density at radius 2 is 1.56 bits per heavy atom. The van der Waals surface area contributed by atoms with E-state index in [1.54, 1.807) is 53.1 Å². The van der Waals surface area contributed by atoms with Crippen LogP contribution in [0.4, 0.5) is 0 Å². The lowest BCUT2D eigenvalue weighted by molar-refractivity contribution is 0.0690. The molecule has 2 fully saturated rings. The van der Waals surface area contributed by atoms with Crippen LogP contribution in [-0.2, 0) is 6.54 Å². The lowest BCUT2D eigenvalue weighted by Crippen LogP contribution is -2.46. The van der Waals surface area contributed by atoms with Gasteiger partial charge in [-0.1, -0.05) is 36.2 Å². The smallest absolute Gasteiger partial charge is 0.338 e. The summed E-state index contributed by atoms with van der Waals surface area (Å²) in [5.41, 5.74) is 1.14. The third kappa shape index (κ3) is 4.50.